The standard InChI is InChI=1S/C24H21N5O2S2/c1-31-18-11-9-17(10-12-18)20-14-19(16-6-3-2-4-7-16)28-29(20)22(30)15-33-24-25-23(26-27-24)21-8-5-13-32-21/h2-13,20H,14-15H2,1H3,(H,25,26,27). The molecule has 0 saturated carbocycles. The van der Waals surface area contributed by atoms with Gasteiger partial charge in [-0.25, -0.2) is 9.99 Å². The number of amides is 1. The number of nitrogens with one attached hydrogen (secondary N) is 1. The van der Waals surface area contributed by atoms with E-state index in [1.54, 1.807) is 23.5 Å². The van der Waals surface area contributed by atoms with Gasteiger partial charge < -0.3 is 4.74 Å². The zero-order chi connectivity index (χ0) is 22.6. The van der Waals surface area contributed by atoms with Crippen LogP contribution < -0.4 is 4.74 Å². The zero-order valence-electron chi connectivity index (χ0n) is 17.8. The zero-order valence-corrected chi connectivity index (χ0v) is 19.5. The van der Waals surface area contributed by atoms with Gasteiger partial charge in [-0.15, -0.1) is 16.4 Å². The molecule has 0 bridgehead atoms. The van der Waals surface area contributed by atoms with Gasteiger partial charge in [0.2, 0.25) is 5.16 Å². The summed E-state index contributed by atoms with van der Waals surface area (Å²) in [5, 5.41) is 16.0. The van der Waals surface area contributed by atoms with Crippen molar-refractivity contribution in [2.45, 2.75) is 17.6 Å². The fourth-order valence-electron chi connectivity index (χ4n) is 3.66. The van der Waals surface area contributed by atoms with Crippen molar-refractivity contribution in [1.82, 2.24) is 20.2 Å². The Morgan fingerprint density at radius 1 is 1.15 bits per heavy atom. The van der Waals surface area contributed by atoms with Gasteiger partial charge in [0.25, 0.3) is 5.91 Å². The third kappa shape index (κ3) is 4.69. The van der Waals surface area contributed by atoms with Crippen LogP contribution in [0.15, 0.2) is 82.4 Å². The molecule has 1 aliphatic rings. The molecule has 1 atom stereocenters. The van der Waals surface area contributed by atoms with E-state index >= 15 is 0 Å². The summed E-state index contributed by atoms with van der Waals surface area (Å²) in [5.41, 5.74) is 2.93. The van der Waals surface area contributed by atoms with Crippen LogP contribution in [0.2, 0.25) is 0 Å². The van der Waals surface area contributed by atoms with Gasteiger partial charge in [-0.05, 0) is 34.7 Å². The SMILES string of the molecule is COc1ccc(C2CC(c3ccccc3)=NN2C(=O)CSc2n[nH]c(-c3cccs3)n2)cc1. The maximum Gasteiger partial charge on any atom is 0.253 e. The van der Waals surface area contributed by atoms with Crippen molar-refractivity contribution in [3.8, 4) is 16.5 Å². The molecule has 3 heterocycles. The van der Waals surface area contributed by atoms with Crippen molar-refractivity contribution in [3.05, 3.63) is 83.2 Å². The highest BCUT2D eigenvalue weighted by Gasteiger charge is 2.33. The summed E-state index contributed by atoms with van der Waals surface area (Å²) in [5.74, 6) is 1.59. The number of hydrazone groups is 1. The number of aromatic amines is 1. The van der Waals surface area contributed by atoms with Crippen LogP contribution >= 0.6 is 23.1 Å². The quantitative estimate of drug-likeness (QED) is 0.380. The Balaban J connectivity index is 1.34. The number of thiophene rings is 1. The number of nitrogens with zero attached hydrogens (tertiary/aromatic N) is 4. The van der Waals surface area contributed by atoms with Crippen LogP contribution in [0.3, 0.4) is 0 Å². The first-order chi connectivity index (χ1) is 16.2. The number of hydrogen-bond acceptors (Lipinski definition) is 7. The normalized spacial score (nSPS) is 15.5. The average molecular weight is 476 g/mol. The summed E-state index contributed by atoms with van der Waals surface area (Å²) in [6.07, 6.45) is 0.649. The number of thioether (sulfide) groups is 1. The molecule has 33 heavy (non-hydrogen) atoms. The van der Waals surface area contributed by atoms with Crippen LogP contribution in [-0.4, -0.2) is 44.7 Å². The minimum Gasteiger partial charge on any atom is -0.497 e. The van der Waals surface area contributed by atoms with Gasteiger partial charge in [0.15, 0.2) is 5.82 Å². The van der Waals surface area contributed by atoms with Crippen LogP contribution in [-0.2, 0) is 4.79 Å². The molecular formula is C24H21N5O2S2. The smallest absolute Gasteiger partial charge is 0.253 e. The van der Waals surface area contributed by atoms with Crippen LogP contribution in [0.5, 0.6) is 5.75 Å². The van der Waals surface area contributed by atoms with Gasteiger partial charge in [-0.1, -0.05) is 60.3 Å². The maximum atomic E-state index is 13.2. The van der Waals surface area contributed by atoms with Gasteiger partial charge >= 0.3 is 0 Å². The minimum absolute atomic E-state index is 0.0887. The lowest BCUT2D eigenvalue weighted by Crippen LogP contribution is -2.28. The molecule has 9 heteroatoms. The Morgan fingerprint density at radius 3 is 2.70 bits per heavy atom. The van der Waals surface area contributed by atoms with E-state index in [1.807, 2.05) is 72.1 Å². The summed E-state index contributed by atoms with van der Waals surface area (Å²) in [6, 6.07) is 21.5. The third-order valence-corrected chi connectivity index (χ3v) is 7.03. The molecule has 2 aromatic heterocycles. The van der Waals surface area contributed by atoms with Crippen LogP contribution in [0, 0.1) is 0 Å². The second-order valence-electron chi connectivity index (χ2n) is 7.38. The molecule has 2 aromatic carbocycles. The number of carbonyl (C=O) groups excluding carboxylic acids is 1. The molecule has 1 N–H and O–H groups in total. The van der Waals surface area contributed by atoms with E-state index < -0.39 is 0 Å². The van der Waals surface area contributed by atoms with E-state index in [4.69, 9.17) is 9.84 Å². The number of hydrogen-bond donors (Lipinski definition) is 1. The fraction of sp³-hybridized carbons (Fsp3) is 0.167. The maximum absolute atomic E-state index is 13.2. The van der Waals surface area contributed by atoms with Crippen LogP contribution in [0.4, 0.5) is 0 Å². The minimum atomic E-state index is -0.173. The predicted octanol–water partition coefficient (Wildman–Crippen LogP) is 5.01. The van der Waals surface area contributed by atoms with Gasteiger partial charge in [0, 0.05) is 6.42 Å². The van der Waals surface area contributed by atoms with Crippen LogP contribution in [0.25, 0.3) is 10.7 Å². The molecule has 1 amide bonds. The Bertz CT molecular complexity index is 1250. The molecule has 0 aliphatic carbocycles. The van der Waals surface area contributed by atoms with Gasteiger partial charge in [0.1, 0.15) is 5.75 Å². The number of carbonyl (C=O) groups is 1. The molecular weight excluding hydrogens is 454 g/mol. The molecule has 5 rings (SSSR count). The molecule has 1 aliphatic heterocycles. The van der Waals surface area contributed by atoms with E-state index in [0.717, 1.165) is 27.5 Å². The first-order valence-corrected chi connectivity index (χ1v) is 12.3. The average Bonchev–Trinajstić information content (AvgIpc) is 3.64. The highest BCUT2D eigenvalue weighted by atomic mass is 32.2. The number of aromatic nitrogens is 3. The van der Waals surface area contributed by atoms with Crippen molar-refractivity contribution in [2.75, 3.05) is 12.9 Å². The molecule has 0 spiro atoms. The number of benzene rings is 2. The number of ether oxygens (including phenoxy) is 1. The Labute approximate surface area is 199 Å². The molecule has 7 nitrogen and oxygen atoms in total. The van der Waals surface area contributed by atoms with E-state index in [9.17, 15) is 4.79 Å². The Hall–Kier alpha value is -3.43. The lowest BCUT2D eigenvalue weighted by Gasteiger charge is -2.22. The Kier molecular flexibility index (Phi) is 6.23. The van der Waals surface area contributed by atoms with E-state index in [-0.39, 0.29) is 17.7 Å². The van der Waals surface area contributed by atoms with Crippen molar-refractivity contribution >= 4 is 34.7 Å². The summed E-state index contributed by atoms with van der Waals surface area (Å²) < 4.78 is 5.28. The van der Waals surface area contributed by atoms with Crippen molar-refractivity contribution in [3.63, 3.8) is 0 Å². The van der Waals surface area contributed by atoms with Gasteiger partial charge in [-0.3, -0.25) is 9.89 Å². The first kappa shape index (κ1) is 21.4. The molecule has 0 radical (unpaired) electrons. The summed E-state index contributed by atoms with van der Waals surface area (Å²) in [4.78, 5) is 18.8. The second kappa shape index (κ2) is 9.60. The fourth-order valence-corrected chi connectivity index (χ4v) is 4.97. The lowest BCUT2D eigenvalue weighted by molar-refractivity contribution is -0.130. The lowest BCUT2D eigenvalue weighted by atomic mass is 9.98. The number of rotatable bonds is 7. The molecule has 0 saturated heterocycles. The third-order valence-electron chi connectivity index (χ3n) is 5.32. The van der Waals surface area contributed by atoms with Crippen LogP contribution in [0.1, 0.15) is 23.6 Å². The molecule has 1 unspecified atom stereocenters. The van der Waals surface area contributed by atoms with Gasteiger partial charge in [-0.2, -0.15) is 5.10 Å². The second-order valence-corrected chi connectivity index (χ2v) is 9.27. The molecule has 166 valence electrons. The van der Waals surface area contributed by atoms with Crippen molar-refractivity contribution in [2.24, 2.45) is 5.10 Å². The number of H-pyrrole nitrogens is 1. The first-order valence-electron chi connectivity index (χ1n) is 10.4. The monoisotopic (exact) mass is 475 g/mol. The van der Waals surface area contributed by atoms with E-state index in [2.05, 4.69) is 15.2 Å². The highest BCUT2D eigenvalue weighted by Crippen LogP contribution is 2.34. The van der Waals surface area contributed by atoms with Crippen molar-refractivity contribution in [1.29, 1.82) is 0 Å². The Morgan fingerprint density at radius 2 is 1.97 bits per heavy atom. The number of methoxy groups -OCH3 is 1. The molecule has 4 aromatic rings. The summed E-state index contributed by atoms with van der Waals surface area (Å²) in [6.45, 7) is 0. The summed E-state index contributed by atoms with van der Waals surface area (Å²) in [7, 11) is 1.64. The van der Waals surface area contributed by atoms with Gasteiger partial charge in [0.05, 0.1) is 29.5 Å². The van der Waals surface area contributed by atoms with Crippen molar-refractivity contribution < 1.29 is 9.53 Å². The highest BCUT2D eigenvalue weighted by molar-refractivity contribution is 7.99. The predicted molar refractivity (Wildman–Crippen MR) is 131 cm³/mol. The van der Waals surface area contributed by atoms with E-state index in [0.29, 0.717) is 17.4 Å². The largest absolute Gasteiger partial charge is 0.497 e. The topological polar surface area (TPSA) is 83.5 Å². The summed E-state index contributed by atoms with van der Waals surface area (Å²) >= 11 is 2.89. The molecule has 0 fully saturated rings. The van der Waals surface area contributed by atoms with E-state index in [1.165, 1.54) is 11.8 Å².